The summed E-state index contributed by atoms with van der Waals surface area (Å²) in [4.78, 5) is 22.0. The lowest BCUT2D eigenvalue weighted by atomic mass is 9.82. The number of carbonyl (C=O) groups excluding carboxylic acids is 1. The zero-order valence-electron chi connectivity index (χ0n) is 18.5. The fourth-order valence-corrected chi connectivity index (χ4v) is 4.36. The van der Waals surface area contributed by atoms with Crippen molar-refractivity contribution >= 4 is 23.4 Å². The highest BCUT2D eigenvalue weighted by Crippen LogP contribution is 2.49. The Labute approximate surface area is 200 Å². The maximum absolute atomic E-state index is 13.3. The number of alkyl halides is 3. The second kappa shape index (κ2) is 9.14. The van der Waals surface area contributed by atoms with Crippen molar-refractivity contribution in [3.8, 4) is 0 Å². The quantitative estimate of drug-likeness (QED) is 0.396. The van der Waals surface area contributed by atoms with Gasteiger partial charge in [0.2, 0.25) is 0 Å². The van der Waals surface area contributed by atoms with Gasteiger partial charge in [-0.05, 0) is 35.7 Å². The molecular weight excluding hydrogens is 465 g/mol. The van der Waals surface area contributed by atoms with E-state index in [1.165, 1.54) is 0 Å². The highest BCUT2D eigenvalue weighted by molar-refractivity contribution is 6.30. The molecule has 0 aromatic heterocycles. The largest absolute Gasteiger partial charge is 0.493 e. The molecule has 0 bridgehead atoms. The first kappa shape index (κ1) is 23.8. The van der Waals surface area contributed by atoms with Crippen LogP contribution in [-0.4, -0.2) is 23.0 Å². The van der Waals surface area contributed by atoms with E-state index in [1.54, 1.807) is 55.5 Å². The molecule has 4 rings (SSSR count). The van der Waals surface area contributed by atoms with E-state index in [-0.39, 0.29) is 5.84 Å². The topological polar surface area (TPSA) is 41.9 Å². The van der Waals surface area contributed by atoms with Crippen LogP contribution in [0.5, 0.6) is 0 Å². The number of rotatable bonds is 5. The van der Waals surface area contributed by atoms with Gasteiger partial charge in [0, 0.05) is 10.9 Å². The Morgan fingerprint density at radius 1 is 1.00 bits per heavy atom. The molecule has 3 unspecified atom stereocenters. The van der Waals surface area contributed by atoms with E-state index in [0.29, 0.717) is 10.6 Å². The van der Waals surface area contributed by atoms with Crippen molar-refractivity contribution in [2.24, 2.45) is 4.99 Å². The number of nitrogens with zero attached hydrogens (tertiary/aromatic N) is 2. The molecular formula is C26H22ClF3N2O2. The van der Waals surface area contributed by atoms with Gasteiger partial charge >= 0.3 is 12.1 Å². The Balaban J connectivity index is 1.89. The smallest absolute Gasteiger partial charge is 0.330 e. The summed E-state index contributed by atoms with van der Waals surface area (Å²) in [6.07, 6.45) is -5.17. The minimum Gasteiger partial charge on any atom is -0.330 e. The van der Waals surface area contributed by atoms with Gasteiger partial charge in [0.15, 0.2) is 0 Å². The second-order valence-electron chi connectivity index (χ2n) is 8.27. The van der Waals surface area contributed by atoms with Crippen molar-refractivity contribution in [3.05, 3.63) is 107 Å². The number of aliphatic imine (C=N–C) groups is 1. The normalized spacial score (nSPS) is 21.2. The molecule has 1 heterocycles. The van der Waals surface area contributed by atoms with E-state index >= 15 is 0 Å². The van der Waals surface area contributed by atoms with E-state index in [1.807, 2.05) is 43.3 Å². The first-order valence-corrected chi connectivity index (χ1v) is 11.0. The van der Waals surface area contributed by atoms with Crippen LogP contribution in [0.3, 0.4) is 0 Å². The zero-order chi connectivity index (χ0) is 24.5. The van der Waals surface area contributed by atoms with Crippen LogP contribution in [0.25, 0.3) is 0 Å². The third kappa shape index (κ3) is 4.53. The third-order valence-electron chi connectivity index (χ3n) is 5.98. The monoisotopic (exact) mass is 486 g/mol. The van der Waals surface area contributed by atoms with Crippen LogP contribution in [0.1, 0.15) is 42.5 Å². The molecule has 4 nitrogen and oxygen atoms in total. The molecule has 0 N–H and O–H groups in total. The van der Waals surface area contributed by atoms with Gasteiger partial charge in [-0.3, -0.25) is 4.99 Å². The summed E-state index contributed by atoms with van der Waals surface area (Å²) in [7, 11) is 0. The van der Waals surface area contributed by atoms with Crippen molar-refractivity contribution in [3.63, 3.8) is 0 Å². The average molecular weight is 487 g/mol. The fraction of sp³-hybridized carbons (Fsp3) is 0.231. The van der Waals surface area contributed by atoms with Crippen LogP contribution >= 0.6 is 11.6 Å². The summed E-state index contributed by atoms with van der Waals surface area (Å²) < 4.78 is 39.9. The Morgan fingerprint density at radius 2 is 1.56 bits per heavy atom. The third-order valence-corrected chi connectivity index (χ3v) is 6.24. The molecule has 176 valence electrons. The summed E-state index contributed by atoms with van der Waals surface area (Å²) in [5, 5.41) is 1.55. The van der Waals surface area contributed by atoms with E-state index in [4.69, 9.17) is 21.4 Å². The van der Waals surface area contributed by atoms with Crippen molar-refractivity contribution in [1.82, 2.24) is 5.06 Å². The second-order valence-corrected chi connectivity index (χ2v) is 8.71. The van der Waals surface area contributed by atoms with Gasteiger partial charge in [0.1, 0.15) is 17.4 Å². The molecule has 3 aromatic rings. The fourth-order valence-electron chi connectivity index (χ4n) is 4.23. The number of halogens is 4. The standard InChI is InChI=1S/C26H22ClF3N2O2/c1-17(18-13-15-21(27)16-14-18)23-31-25(2,20-11-7-4-8-12-20)22(19-9-5-3-6-10-19)32(23)34-24(33)26(28,29)30/h3-17,22H,1-2H3. The first-order chi connectivity index (χ1) is 16.1. The van der Waals surface area contributed by atoms with Gasteiger partial charge in [0.05, 0.1) is 0 Å². The molecule has 0 radical (unpaired) electrons. The minimum atomic E-state index is -5.17. The van der Waals surface area contributed by atoms with Crippen molar-refractivity contribution < 1.29 is 22.8 Å². The highest BCUT2D eigenvalue weighted by atomic mass is 35.5. The Bertz CT molecular complexity index is 1180. The average Bonchev–Trinajstić information content (AvgIpc) is 3.12. The van der Waals surface area contributed by atoms with Gasteiger partial charge in [-0.2, -0.15) is 18.2 Å². The molecule has 1 aliphatic heterocycles. The van der Waals surface area contributed by atoms with Crippen molar-refractivity contribution in [2.75, 3.05) is 0 Å². The first-order valence-electron chi connectivity index (χ1n) is 10.7. The molecule has 8 heteroatoms. The molecule has 0 spiro atoms. The molecule has 0 saturated heterocycles. The number of amidine groups is 1. The Morgan fingerprint density at radius 3 is 2.12 bits per heavy atom. The van der Waals surface area contributed by atoms with Crippen LogP contribution in [0.4, 0.5) is 13.2 Å². The summed E-state index contributed by atoms with van der Waals surface area (Å²) >= 11 is 6.02. The predicted octanol–water partition coefficient (Wildman–Crippen LogP) is 6.83. The van der Waals surface area contributed by atoms with Crippen molar-refractivity contribution in [1.29, 1.82) is 0 Å². The van der Waals surface area contributed by atoms with Crippen LogP contribution in [0, 0.1) is 0 Å². The molecule has 1 aliphatic rings. The predicted molar refractivity (Wildman–Crippen MR) is 124 cm³/mol. The molecule has 0 saturated carbocycles. The molecule has 0 fully saturated rings. The van der Waals surface area contributed by atoms with Crippen LogP contribution < -0.4 is 0 Å². The van der Waals surface area contributed by atoms with E-state index in [2.05, 4.69) is 0 Å². The Kier molecular flexibility index (Phi) is 6.41. The van der Waals surface area contributed by atoms with Gasteiger partial charge in [0.25, 0.3) is 0 Å². The lowest BCUT2D eigenvalue weighted by molar-refractivity contribution is -0.232. The van der Waals surface area contributed by atoms with Crippen LogP contribution in [-0.2, 0) is 15.2 Å². The van der Waals surface area contributed by atoms with Gasteiger partial charge in [-0.15, -0.1) is 0 Å². The van der Waals surface area contributed by atoms with Crippen LogP contribution in [0.15, 0.2) is 89.9 Å². The number of hydrogen-bond acceptors (Lipinski definition) is 4. The molecule has 0 aliphatic carbocycles. The van der Waals surface area contributed by atoms with E-state index in [0.717, 1.165) is 16.2 Å². The van der Waals surface area contributed by atoms with E-state index in [9.17, 15) is 18.0 Å². The van der Waals surface area contributed by atoms with Crippen molar-refractivity contribution in [2.45, 2.75) is 37.5 Å². The highest BCUT2D eigenvalue weighted by Gasteiger charge is 2.53. The van der Waals surface area contributed by atoms with E-state index < -0.39 is 29.6 Å². The Hall–Kier alpha value is -3.32. The number of benzene rings is 3. The maximum atomic E-state index is 13.3. The van der Waals surface area contributed by atoms with Crippen LogP contribution in [0.2, 0.25) is 5.02 Å². The number of hydroxylamine groups is 2. The zero-order valence-corrected chi connectivity index (χ0v) is 19.2. The van der Waals surface area contributed by atoms with Gasteiger partial charge < -0.3 is 4.84 Å². The maximum Gasteiger partial charge on any atom is 0.493 e. The summed E-state index contributed by atoms with van der Waals surface area (Å²) in [5.74, 6) is -2.59. The molecule has 0 amide bonds. The number of carbonyl (C=O) groups is 1. The lowest BCUT2D eigenvalue weighted by Gasteiger charge is -2.35. The lowest BCUT2D eigenvalue weighted by Crippen LogP contribution is -2.42. The summed E-state index contributed by atoms with van der Waals surface area (Å²) in [6.45, 7) is 3.63. The minimum absolute atomic E-state index is 0.208. The molecule has 3 atom stereocenters. The molecule has 3 aromatic carbocycles. The summed E-state index contributed by atoms with van der Waals surface area (Å²) in [6, 6.07) is 24.3. The molecule has 34 heavy (non-hydrogen) atoms. The van der Waals surface area contributed by atoms with Gasteiger partial charge in [-0.25, -0.2) is 4.79 Å². The number of hydrogen-bond donors (Lipinski definition) is 0. The summed E-state index contributed by atoms with van der Waals surface area (Å²) in [5.41, 5.74) is 1.16. The van der Waals surface area contributed by atoms with Gasteiger partial charge in [-0.1, -0.05) is 91.3 Å². The SMILES string of the molecule is CC(C1=NC(C)(c2ccccc2)C(c2ccccc2)N1OC(=O)C(F)(F)F)c1ccc(Cl)cc1.